The molecule has 3 N–H and O–H groups in total. The summed E-state index contributed by atoms with van der Waals surface area (Å²) >= 11 is 3.14. The molecule has 0 bridgehead atoms. The van der Waals surface area contributed by atoms with Gasteiger partial charge in [-0.2, -0.15) is 0 Å². The molecular formula is C14H16N4O2S2. The third-order valence-electron chi connectivity index (χ3n) is 2.69. The predicted octanol–water partition coefficient (Wildman–Crippen LogP) is 2.32. The molecule has 2 aromatic rings. The molecule has 0 aliphatic rings. The quantitative estimate of drug-likeness (QED) is 0.591. The molecule has 8 heteroatoms. The van der Waals surface area contributed by atoms with Crippen molar-refractivity contribution in [1.82, 2.24) is 21.2 Å². The fourth-order valence-electron chi connectivity index (χ4n) is 1.65. The number of carbonyl (C=O) groups excluding carboxylic acids is 2. The van der Waals surface area contributed by atoms with Crippen LogP contribution >= 0.6 is 23.1 Å². The number of amides is 3. The molecule has 0 radical (unpaired) electrons. The van der Waals surface area contributed by atoms with Gasteiger partial charge in [0.25, 0.3) is 5.91 Å². The first kappa shape index (κ1) is 16.3. The van der Waals surface area contributed by atoms with Crippen LogP contribution in [0.15, 0.2) is 34.5 Å². The van der Waals surface area contributed by atoms with Crippen molar-refractivity contribution in [2.24, 2.45) is 0 Å². The van der Waals surface area contributed by atoms with Gasteiger partial charge in [0, 0.05) is 23.1 Å². The van der Waals surface area contributed by atoms with Gasteiger partial charge in [-0.15, -0.1) is 23.1 Å². The third-order valence-corrected chi connectivity index (χ3v) is 4.62. The lowest BCUT2D eigenvalue weighted by molar-refractivity contribution is 0.0933. The van der Waals surface area contributed by atoms with Gasteiger partial charge in [0.05, 0.1) is 16.3 Å². The summed E-state index contributed by atoms with van der Waals surface area (Å²) < 4.78 is 0. The molecule has 22 heavy (non-hydrogen) atoms. The van der Waals surface area contributed by atoms with E-state index in [2.05, 4.69) is 21.2 Å². The molecule has 0 spiro atoms. The van der Waals surface area contributed by atoms with Crippen LogP contribution in [0.25, 0.3) is 0 Å². The van der Waals surface area contributed by atoms with Crippen molar-refractivity contribution in [3.63, 3.8) is 0 Å². The SMILES string of the molecule is CNC(=O)NNC(=O)c1ccccc1SCc1csc(C)n1. The lowest BCUT2D eigenvalue weighted by Gasteiger charge is -2.10. The second kappa shape index (κ2) is 7.81. The van der Waals surface area contributed by atoms with Crippen molar-refractivity contribution >= 4 is 35.0 Å². The van der Waals surface area contributed by atoms with Gasteiger partial charge < -0.3 is 5.32 Å². The fourth-order valence-corrected chi connectivity index (χ4v) is 3.31. The van der Waals surface area contributed by atoms with Crippen molar-refractivity contribution in [3.8, 4) is 0 Å². The number of aromatic nitrogens is 1. The minimum Gasteiger partial charge on any atom is -0.340 e. The van der Waals surface area contributed by atoms with Crippen LogP contribution in [0.3, 0.4) is 0 Å². The molecule has 3 amide bonds. The number of hydrogen-bond acceptors (Lipinski definition) is 5. The Morgan fingerprint density at radius 3 is 2.73 bits per heavy atom. The van der Waals surface area contributed by atoms with E-state index in [0.29, 0.717) is 11.3 Å². The van der Waals surface area contributed by atoms with E-state index in [-0.39, 0.29) is 5.91 Å². The largest absolute Gasteiger partial charge is 0.340 e. The first-order chi connectivity index (χ1) is 10.6. The van der Waals surface area contributed by atoms with Crippen LogP contribution in [-0.2, 0) is 5.75 Å². The summed E-state index contributed by atoms with van der Waals surface area (Å²) in [7, 11) is 1.47. The summed E-state index contributed by atoms with van der Waals surface area (Å²) in [4.78, 5) is 28.5. The molecule has 0 saturated carbocycles. The zero-order chi connectivity index (χ0) is 15.9. The zero-order valence-electron chi connectivity index (χ0n) is 12.2. The number of hydrazine groups is 1. The van der Waals surface area contributed by atoms with Crippen molar-refractivity contribution < 1.29 is 9.59 Å². The van der Waals surface area contributed by atoms with Crippen LogP contribution in [0.4, 0.5) is 4.79 Å². The maximum absolute atomic E-state index is 12.1. The van der Waals surface area contributed by atoms with Crippen LogP contribution < -0.4 is 16.2 Å². The smallest absolute Gasteiger partial charge is 0.333 e. The van der Waals surface area contributed by atoms with Gasteiger partial charge in [0.1, 0.15) is 0 Å². The van der Waals surface area contributed by atoms with Crippen LogP contribution in [0.5, 0.6) is 0 Å². The average Bonchev–Trinajstić information content (AvgIpc) is 2.96. The number of carbonyl (C=O) groups is 2. The molecule has 1 heterocycles. The van der Waals surface area contributed by atoms with Gasteiger partial charge in [-0.05, 0) is 19.1 Å². The Bertz CT molecular complexity index is 672. The summed E-state index contributed by atoms with van der Waals surface area (Å²) in [5, 5.41) is 5.39. The van der Waals surface area contributed by atoms with Gasteiger partial charge in [0.2, 0.25) is 0 Å². The summed E-state index contributed by atoms with van der Waals surface area (Å²) in [6.45, 7) is 1.96. The van der Waals surface area contributed by atoms with Gasteiger partial charge in [-0.3, -0.25) is 10.2 Å². The zero-order valence-corrected chi connectivity index (χ0v) is 13.8. The van der Waals surface area contributed by atoms with E-state index in [0.717, 1.165) is 15.6 Å². The highest BCUT2D eigenvalue weighted by atomic mass is 32.2. The van der Waals surface area contributed by atoms with Gasteiger partial charge in [-0.1, -0.05) is 12.1 Å². The molecule has 1 aromatic heterocycles. The standard InChI is InChI=1S/C14H16N4O2S2/c1-9-16-10(7-21-9)8-22-12-6-4-3-5-11(12)13(19)17-18-14(20)15-2/h3-7H,8H2,1-2H3,(H,17,19)(H2,15,18,20). The Kier molecular flexibility index (Phi) is 5.79. The van der Waals surface area contributed by atoms with Crippen LogP contribution in [0, 0.1) is 6.92 Å². The lowest BCUT2D eigenvalue weighted by Crippen LogP contribution is -2.45. The van der Waals surface area contributed by atoms with Crippen molar-refractivity contribution in [3.05, 3.63) is 45.9 Å². The lowest BCUT2D eigenvalue weighted by atomic mass is 10.2. The van der Waals surface area contributed by atoms with E-state index in [1.165, 1.54) is 18.8 Å². The monoisotopic (exact) mass is 336 g/mol. The molecule has 6 nitrogen and oxygen atoms in total. The highest BCUT2D eigenvalue weighted by molar-refractivity contribution is 7.98. The Morgan fingerprint density at radius 2 is 2.05 bits per heavy atom. The summed E-state index contributed by atoms with van der Waals surface area (Å²) in [5.74, 6) is 0.332. The fraction of sp³-hybridized carbons (Fsp3) is 0.214. The Labute approximate surface area is 136 Å². The molecule has 116 valence electrons. The molecule has 0 atom stereocenters. The highest BCUT2D eigenvalue weighted by Crippen LogP contribution is 2.26. The van der Waals surface area contributed by atoms with E-state index >= 15 is 0 Å². The minimum atomic E-state index is -0.476. The number of nitrogens with zero attached hydrogens (tertiary/aromatic N) is 1. The van der Waals surface area contributed by atoms with Crippen LogP contribution in [-0.4, -0.2) is 24.0 Å². The van der Waals surface area contributed by atoms with Gasteiger partial charge in [0.15, 0.2) is 0 Å². The predicted molar refractivity (Wildman–Crippen MR) is 87.9 cm³/mol. The molecule has 0 saturated heterocycles. The molecule has 0 fully saturated rings. The first-order valence-electron chi connectivity index (χ1n) is 6.51. The minimum absolute atomic E-state index is 0.360. The molecule has 0 aliphatic heterocycles. The maximum atomic E-state index is 12.1. The maximum Gasteiger partial charge on any atom is 0.333 e. The summed E-state index contributed by atoms with van der Waals surface area (Å²) in [6, 6.07) is 6.77. The van der Waals surface area contributed by atoms with Crippen LogP contribution in [0.1, 0.15) is 21.1 Å². The number of rotatable bonds is 4. The van der Waals surface area contributed by atoms with Crippen LogP contribution in [0.2, 0.25) is 0 Å². The second-order valence-corrected chi connectivity index (χ2v) is 6.38. The molecule has 0 unspecified atom stereocenters. The Balaban J connectivity index is 2.02. The third kappa shape index (κ3) is 4.47. The topological polar surface area (TPSA) is 83.1 Å². The highest BCUT2D eigenvalue weighted by Gasteiger charge is 2.12. The van der Waals surface area contributed by atoms with E-state index in [1.807, 2.05) is 24.4 Å². The van der Waals surface area contributed by atoms with E-state index in [9.17, 15) is 9.59 Å². The van der Waals surface area contributed by atoms with Gasteiger partial charge >= 0.3 is 6.03 Å². The molecule has 1 aromatic carbocycles. The normalized spacial score (nSPS) is 10.1. The summed E-state index contributed by atoms with van der Waals surface area (Å²) in [6.07, 6.45) is 0. The number of thioether (sulfide) groups is 1. The van der Waals surface area contributed by atoms with Crippen molar-refractivity contribution in [2.75, 3.05) is 7.05 Å². The number of thiazole rings is 1. The molecule has 0 aliphatic carbocycles. The summed E-state index contributed by atoms with van der Waals surface area (Å²) in [5.41, 5.74) is 6.13. The second-order valence-electron chi connectivity index (χ2n) is 4.30. The Morgan fingerprint density at radius 1 is 1.27 bits per heavy atom. The van der Waals surface area contributed by atoms with E-state index in [4.69, 9.17) is 0 Å². The number of hydrogen-bond donors (Lipinski definition) is 3. The van der Waals surface area contributed by atoms with E-state index < -0.39 is 6.03 Å². The molecular weight excluding hydrogens is 320 g/mol. The molecule has 2 rings (SSSR count). The van der Waals surface area contributed by atoms with Crippen molar-refractivity contribution in [2.45, 2.75) is 17.6 Å². The number of benzene rings is 1. The number of nitrogens with one attached hydrogen (secondary N) is 3. The Hall–Kier alpha value is -2.06. The van der Waals surface area contributed by atoms with E-state index in [1.54, 1.807) is 23.5 Å². The first-order valence-corrected chi connectivity index (χ1v) is 8.37. The van der Waals surface area contributed by atoms with Crippen molar-refractivity contribution in [1.29, 1.82) is 0 Å². The average molecular weight is 336 g/mol. The number of aryl methyl sites for hydroxylation is 1. The number of urea groups is 1. The van der Waals surface area contributed by atoms with Gasteiger partial charge in [-0.25, -0.2) is 15.2 Å².